The Kier molecular flexibility index (Phi) is 5.31. The van der Waals surface area contributed by atoms with E-state index < -0.39 is 4.92 Å². The summed E-state index contributed by atoms with van der Waals surface area (Å²) in [6.45, 7) is 0. The predicted molar refractivity (Wildman–Crippen MR) is 99.1 cm³/mol. The summed E-state index contributed by atoms with van der Waals surface area (Å²) in [6.07, 6.45) is 3.13. The van der Waals surface area contributed by atoms with Gasteiger partial charge in [0, 0.05) is 28.0 Å². The Morgan fingerprint density at radius 3 is 3.04 bits per heavy atom. The van der Waals surface area contributed by atoms with Crippen molar-refractivity contribution in [2.75, 3.05) is 11.2 Å². The van der Waals surface area contributed by atoms with E-state index in [0.717, 1.165) is 10.7 Å². The SMILES string of the molecule is Nc1csc(NN=Cc2cc([N+](=O)[O-])ccc2SCc2ccco2)n1. The number of nitrogens with zero attached hydrogens (tertiary/aromatic N) is 3. The van der Waals surface area contributed by atoms with Crippen LogP contribution in [0.5, 0.6) is 0 Å². The highest BCUT2D eigenvalue weighted by atomic mass is 32.2. The fourth-order valence-electron chi connectivity index (χ4n) is 1.92. The molecule has 0 saturated carbocycles. The summed E-state index contributed by atoms with van der Waals surface area (Å²) in [5.41, 5.74) is 8.93. The third-order valence-corrected chi connectivity index (χ3v) is 4.92. The number of nitrogens with one attached hydrogen (secondary N) is 1. The molecule has 0 atom stereocenters. The Morgan fingerprint density at radius 2 is 2.36 bits per heavy atom. The van der Waals surface area contributed by atoms with Gasteiger partial charge in [0.15, 0.2) is 0 Å². The molecule has 0 fully saturated rings. The van der Waals surface area contributed by atoms with Crippen LogP contribution in [0.25, 0.3) is 0 Å². The maximum absolute atomic E-state index is 11.0. The van der Waals surface area contributed by atoms with Crippen LogP contribution in [-0.4, -0.2) is 16.1 Å². The molecule has 10 heteroatoms. The van der Waals surface area contributed by atoms with Crippen molar-refractivity contribution < 1.29 is 9.34 Å². The third kappa shape index (κ3) is 4.58. The molecule has 128 valence electrons. The topological polar surface area (TPSA) is 120 Å². The number of thioether (sulfide) groups is 1. The standard InChI is InChI=1S/C15H13N5O3S2/c16-14-9-25-15(18-14)19-17-7-10-6-11(20(21)22)3-4-13(10)24-8-12-2-1-5-23-12/h1-7,9H,8,16H2,(H,18,19). The lowest BCUT2D eigenvalue weighted by Gasteiger charge is -2.05. The number of nitro groups is 1. The molecule has 0 aliphatic carbocycles. The van der Waals surface area contributed by atoms with Crippen molar-refractivity contribution in [2.24, 2.45) is 5.10 Å². The Morgan fingerprint density at radius 1 is 1.48 bits per heavy atom. The molecule has 0 unspecified atom stereocenters. The molecule has 0 spiro atoms. The van der Waals surface area contributed by atoms with E-state index in [1.54, 1.807) is 17.7 Å². The minimum Gasteiger partial charge on any atom is -0.468 e. The second-order valence-electron chi connectivity index (χ2n) is 4.79. The largest absolute Gasteiger partial charge is 0.468 e. The molecule has 0 aliphatic rings. The Balaban J connectivity index is 1.77. The summed E-state index contributed by atoms with van der Waals surface area (Å²) >= 11 is 2.83. The number of nitrogen functional groups attached to an aromatic ring is 1. The summed E-state index contributed by atoms with van der Waals surface area (Å²) < 4.78 is 5.30. The number of hydrogen-bond acceptors (Lipinski definition) is 9. The van der Waals surface area contributed by atoms with Crippen molar-refractivity contribution in [2.45, 2.75) is 10.6 Å². The van der Waals surface area contributed by atoms with Gasteiger partial charge in [0.2, 0.25) is 5.13 Å². The van der Waals surface area contributed by atoms with E-state index in [1.807, 2.05) is 12.1 Å². The molecular weight excluding hydrogens is 362 g/mol. The monoisotopic (exact) mass is 375 g/mol. The molecule has 3 rings (SSSR count). The van der Waals surface area contributed by atoms with Gasteiger partial charge in [-0.3, -0.25) is 15.5 Å². The van der Waals surface area contributed by atoms with Gasteiger partial charge in [-0.2, -0.15) is 5.10 Å². The van der Waals surface area contributed by atoms with E-state index in [-0.39, 0.29) is 5.69 Å². The van der Waals surface area contributed by atoms with E-state index in [4.69, 9.17) is 10.2 Å². The van der Waals surface area contributed by atoms with E-state index in [1.165, 1.54) is 41.4 Å². The molecule has 0 saturated heterocycles. The number of anilines is 2. The quantitative estimate of drug-likeness (QED) is 0.277. The third-order valence-electron chi connectivity index (χ3n) is 3.04. The summed E-state index contributed by atoms with van der Waals surface area (Å²) in [4.78, 5) is 15.5. The minimum absolute atomic E-state index is 0.00212. The number of thiazole rings is 1. The Labute approximate surface area is 150 Å². The predicted octanol–water partition coefficient (Wildman–Crippen LogP) is 3.96. The van der Waals surface area contributed by atoms with Crippen LogP contribution in [0.2, 0.25) is 0 Å². The maximum Gasteiger partial charge on any atom is 0.270 e. The first-order valence-electron chi connectivity index (χ1n) is 7.05. The molecule has 0 amide bonds. The highest BCUT2D eigenvalue weighted by molar-refractivity contribution is 7.98. The molecule has 0 aliphatic heterocycles. The average molecular weight is 375 g/mol. The zero-order valence-corrected chi connectivity index (χ0v) is 14.4. The lowest BCUT2D eigenvalue weighted by atomic mass is 10.2. The van der Waals surface area contributed by atoms with Crippen LogP contribution in [0.3, 0.4) is 0 Å². The lowest BCUT2D eigenvalue weighted by molar-refractivity contribution is -0.384. The van der Waals surface area contributed by atoms with Gasteiger partial charge in [0.05, 0.1) is 23.2 Å². The molecule has 0 bridgehead atoms. The number of hydrazone groups is 1. The first-order chi connectivity index (χ1) is 12.1. The molecule has 3 aromatic rings. The summed E-state index contributed by atoms with van der Waals surface area (Å²) in [7, 11) is 0. The summed E-state index contributed by atoms with van der Waals surface area (Å²) in [6, 6.07) is 8.34. The van der Waals surface area contributed by atoms with Crippen molar-refractivity contribution in [3.63, 3.8) is 0 Å². The van der Waals surface area contributed by atoms with Crippen LogP contribution in [-0.2, 0) is 5.75 Å². The normalized spacial score (nSPS) is 11.0. The van der Waals surface area contributed by atoms with Gasteiger partial charge in [-0.25, -0.2) is 4.98 Å². The van der Waals surface area contributed by atoms with Gasteiger partial charge < -0.3 is 10.2 Å². The fraction of sp³-hybridized carbons (Fsp3) is 0.0667. The highest BCUT2D eigenvalue weighted by Crippen LogP contribution is 2.28. The van der Waals surface area contributed by atoms with Crippen molar-refractivity contribution in [3.8, 4) is 0 Å². The van der Waals surface area contributed by atoms with Gasteiger partial charge in [-0.05, 0) is 18.2 Å². The van der Waals surface area contributed by atoms with E-state index in [2.05, 4.69) is 15.5 Å². The smallest absolute Gasteiger partial charge is 0.270 e. The Bertz CT molecular complexity index is 892. The molecule has 8 nitrogen and oxygen atoms in total. The molecule has 2 heterocycles. The van der Waals surface area contributed by atoms with Gasteiger partial charge in [-0.1, -0.05) is 0 Å². The highest BCUT2D eigenvalue weighted by Gasteiger charge is 2.11. The van der Waals surface area contributed by atoms with E-state index >= 15 is 0 Å². The van der Waals surface area contributed by atoms with Crippen LogP contribution in [0, 0.1) is 10.1 Å². The molecule has 2 aromatic heterocycles. The van der Waals surface area contributed by atoms with Crippen molar-refractivity contribution in [3.05, 3.63) is 63.4 Å². The number of aromatic nitrogens is 1. The fourth-order valence-corrected chi connectivity index (χ4v) is 3.37. The molecule has 3 N–H and O–H groups in total. The Hall–Kier alpha value is -2.85. The van der Waals surface area contributed by atoms with Gasteiger partial charge in [0.1, 0.15) is 11.6 Å². The van der Waals surface area contributed by atoms with Gasteiger partial charge >= 0.3 is 0 Å². The van der Waals surface area contributed by atoms with Crippen molar-refractivity contribution >= 4 is 46.0 Å². The zero-order chi connectivity index (χ0) is 17.6. The number of nitrogens with two attached hydrogens (primary N) is 1. The van der Waals surface area contributed by atoms with E-state index in [0.29, 0.717) is 22.3 Å². The van der Waals surface area contributed by atoms with Crippen LogP contribution in [0.15, 0.2) is 56.4 Å². The number of benzene rings is 1. The van der Waals surface area contributed by atoms with Crippen LogP contribution >= 0.6 is 23.1 Å². The summed E-state index contributed by atoms with van der Waals surface area (Å²) in [5.74, 6) is 1.85. The molecule has 25 heavy (non-hydrogen) atoms. The molecular formula is C15H13N5O3S2. The molecule has 0 radical (unpaired) electrons. The first-order valence-corrected chi connectivity index (χ1v) is 8.92. The summed E-state index contributed by atoms with van der Waals surface area (Å²) in [5, 5.41) is 17.3. The lowest BCUT2D eigenvalue weighted by Crippen LogP contribution is -1.95. The number of nitro benzene ring substituents is 1. The van der Waals surface area contributed by atoms with Crippen LogP contribution < -0.4 is 11.2 Å². The van der Waals surface area contributed by atoms with Crippen molar-refractivity contribution in [1.29, 1.82) is 0 Å². The minimum atomic E-state index is -0.437. The van der Waals surface area contributed by atoms with E-state index in [9.17, 15) is 10.1 Å². The maximum atomic E-state index is 11.0. The number of non-ortho nitro benzene ring substituents is 1. The second kappa shape index (κ2) is 7.81. The number of furan rings is 1. The number of rotatable bonds is 7. The zero-order valence-electron chi connectivity index (χ0n) is 12.8. The number of hydrogen-bond donors (Lipinski definition) is 2. The first kappa shape index (κ1) is 17.0. The second-order valence-corrected chi connectivity index (χ2v) is 6.67. The van der Waals surface area contributed by atoms with Crippen LogP contribution in [0.4, 0.5) is 16.6 Å². The molecule has 1 aromatic carbocycles. The van der Waals surface area contributed by atoms with Crippen LogP contribution in [0.1, 0.15) is 11.3 Å². The average Bonchev–Trinajstić information content (AvgIpc) is 3.25. The van der Waals surface area contributed by atoms with Crippen molar-refractivity contribution in [1.82, 2.24) is 4.98 Å². The van der Waals surface area contributed by atoms with Gasteiger partial charge in [0.25, 0.3) is 5.69 Å². The van der Waals surface area contributed by atoms with Gasteiger partial charge in [-0.15, -0.1) is 23.1 Å².